The van der Waals surface area contributed by atoms with Gasteiger partial charge in [0.25, 0.3) is 0 Å². The molecule has 25 heavy (non-hydrogen) atoms. The van der Waals surface area contributed by atoms with Crippen molar-refractivity contribution in [1.82, 2.24) is 0 Å². The van der Waals surface area contributed by atoms with Crippen molar-refractivity contribution in [2.24, 2.45) is 5.92 Å². The fraction of sp³-hybridized carbons (Fsp3) is 0.368. The summed E-state index contributed by atoms with van der Waals surface area (Å²) < 4.78 is 34.5. The van der Waals surface area contributed by atoms with E-state index >= 15 is 0 Å². The lowest BCUT2D eigenvalue weighted by molar-refractivity contribution is 0.0664. The molecule has 2 N–H and O–H groups in total. The predicted molar refractivity (Wildman–Crippen MR) is 97.7 cm³/mol. The second-order valence-corrected chi connectivity index (χ2v) is 8.49. The molecule has 6 heteroatoms. The van der Waals surface area contributed by atoms with Crippen molar-refractivity contribution >= 4 is 15.5 Å². The van der Waals surface area contributed by atoms with Gasteiger partial charge in [-0.25, -0.2) is 8.42 Å². The molecule has 0 aliphatic carbocycles. The molecule has 0 spiro atoms. The normalized spacial score (nSPS) is 15.9. The number of anilines is 1. The Bertz CT molecular complexity index is 825. The number of hydrogen-bond donors (Lipinski definition) is 1. The van der Waals surface area contributed by atoms with Gasteiger partial charge in [0, 0.05) is 25.2 Å². The average Bonchev–Trinajstić information content (AvgIpc) is 2.58. The van der Waals surface area contributed by atoms with Crippen molar-refractivity contribution in [1.29, 1.82) is 0 Å². The molecular weight excluding hydrogens is 338 g/mol. The van der Waals surface area contributed by atoms with Crippen LogP contribution in [0.1, 0.15) is 18.4 Å². The molecule has 0 aromatic heterocycles. The maximum atomic E-state index is 11.6. The van der Waals surface area contributed by atoms with Crippen molar-refractivity contribution < 1.29 is 17.9 Å². The topological polar surface area (TPSA) is 78.6 Å². The zero-order valence-corrected chi connectivity index (χ0v) is 15.1. The van der Waals surface area contributed by atoms with Crippen molar-refractivity contribution in [2.45, 2.75) is 24.2 Å². The van der Waals surface area contributed by atoms with Crippen LogP contribution in [-0.4, -0.2) is 27.9 Å². The maximum absolute atomic E-state index is 11.6. The van der Waals surface area contributed by atoms with Gasteiger partial charge in [-0.15, -0.1) is 0 Å². The van der Waals surface area contributed by atoms with Gasteiger partial charge in [-0.3, -0.25) is 0 Å². The van der Waals surface area contributed by atoms with E-state index in [2.05, 4.69) is 0 Å². The predicted octanol–water partition coefficient (Wildman–Crippen LogP) is 3.43. The first-order chi connectivity index (χ1) is 11.9. The first-order valence-electron chi connectivity index (χ1n) is 8.36. The van der Waals surface area contributed by atoms with Gasteiger partial charge in [0.1, 0.15) is 11.5 Å². The van der Waals surface area contributed by atoms with E-state index in [1.807, 2.05) is 18.2 Å². The minimum atomic E-state index is -3.21. The maximum Gasteiger partial charge on any atom is 0.175 e. The first-order valence-corrected chi connectivity index (χ1v) is 10.2. The molecule has 2 aromatic rings. The third-order valence-corrected chi connectivity index (χ3v) is 5.54. The summed E-state index contributed by atoms with van der Waals surface area (Å²) >= 11 is 0. The molecule has 0 amide bonds. The van der Waals surface area contributed by atoms with E-state index in [4.69, 9.17) is 15.2 Å². The molecule has 0 atom stereocenters. The van der Waals surface area contributed by atoms with E-state index < -0.39 is 9.84 Å². The molecule has 0 unspecified atom stereocenters. The second kappa shape index (κ2) is 7.45. The standard InChI is InChI=1S/C19H23NO4S/c1-25(21,22)18-5-3-17(4-6-18)24-19-7-2-16(20)13-15(19)12-14-8-10-23-11-9-14/h2-7,13-14H,8-12,20H2,1H3. The highest BCUT2D eigenvalue weighted by Gasteiger charge is 2.17. The molecule has 5 nitrogen and oxygen atoms in total. The summed E-state index contributed by atoms with van der Waals surface area (Å²) in [5.41, 5.74) is 7.73. The van der Waals surface area contributed by atoms with Crippen LogP contribution in [0.15, 0.2) is 47.4 Å². The lowest BCUT2D eigenvalue weighted by Crippen LogP contribution is -2.17. The summed E-state index contributed by atoms with van der Waals surface area (Å²) in [4.78, 5) is 0.277. The summed E-state index contributed by atoms with van der Waals surface area (Å²) in [7, 11) is -3.21. The summed E-state index contributed by atoms with van der Waals surface area (Å²) in [6, 6.07) is 12.1. The largest absolute Gasteiger partial charge is 0.457 e. The van der Waals surface area contributed by atoms with Gasteiger partial charge in [0.15, 0.2) is 9.84 Å². The molecule has 1 saturated heterocycles. The summed E-state index contributed by atoms with van der Waals surface area (Å²) in [6.07, 6.45) is 4.16. The van der Waals surface area contributed by atoms with Gasteiger partial charge >= 0.3 is 0 Å². The molecule has 1 aliphatic rings. The number of nitrogen functional groups attached to an aromatic ring is 1. The molecule has 0 radical (unpaired) electrons. The van der Waals surface area contributed by atoms with E-state index in [1.165, 1.54) is 6.26 Å². The van der Waals surface area contributed by atoms with E-state index in [-0.39, 0.29) is 4.90 Å². The molecule has 134 valence electrons. The van der Waals surface area contributed by atoms with Crippen molar-refractivity contribution in [2.75, 3.05) is 25.2 Å². The Morgan fingerprint density at radius 3 is 2.44 bits per heavy atom. The molecule has 1 fully saturated rings. The average molecular weight is 361 g/mol. The summed E-state index contributed by atoms with van der Waals surface area (Å²) in [5.74, 6) is 1.92. The van der Waals surface area contributed by atoms with Gasteiger partial charge in [-0.1, -0.05) is 0 Å². The third-order valence-electron chi connectivity index (χ3n) is 4.41. The van der Waals surface area contributed by atoms with Crippen LogP contribution in [0.2, 0.25) is 0 Å². The molecule has 1 heterocycles. The molecular formula is C19H23NO4S. The Kier molecular flexibility index (Phi) is 5.30. The number of rotatable bonds is 5. The third kappa shape index (κ3) is 4.74. The van der Waals surface area contributed by atoms with Gasteiger partial charge < -0.3 is 15.2 Å². The highest BCUT2D eigenvalue weighted by molar-refractivity contribution is 7.90. The first kappa shape index (κ1) is 17.8. The van der Waals surface area contributed by atoms with Crippen LogP contribution in [0.25, 0.3) is 0 Å². The van der Waals surface area contributed by atoms with Crippen LogP contribution in [0, 0.1) is 5.92 Å². The van der Waals surface area contributed by atoms with Crippen LogP contribution in [-0.2, 0) is 21.0 Å². The van der Waals surface area contributed by atoms with E-state index in [9.17, 15) is 8.42 Å². The Balaban J connectivity index is 1.79. The minimum Gasteiger partial charge on any atom is -0.457 e. The lowest BCUT2D eigenvalue weighted by Gasteiger charge is -2.23. The minimum absolute atomic E-state index is 0.277. The number of ether oxygens (including phenoxy) is 2. The number of hydrogen-bond acceptors (Lipinski definition) is 5. The van der Waals surface area contributed by atoms with Crippen molar-refractivity contribution in [3.8, 4) is 11.5 Å². The van der Waals surface area contributed by atoms with Gasteiger partial charge in [-0.2, -0.15) is 0 Å². The molecule has 3 rings (SSSR count). The van der Waals surface area contributed by atoms with E-state index in [1.54, 1.807) is 24.3 Å². The van der Waals surface area contributed by atoms with E-state index in [0.717, 1.165) is 43.8 Å². The molecule has 0 bridgehead atoms. The fourth-order valence-electron chi connectivity index (χ4n) is 3.00. The fourth-order valence-corrected chi connectivity index (χ4v) is 3.63. The van der Waals surface area contributed by atoms with Crippen LogP contribution in [0.4, 0.5) is 5.69 Å². The number of benzene rings is 2. The Morgan fingerprint density at radius 1 is 1.12 bits per heavy atom. The number of nitrogens with two attached hydrogens (primary N) is 1. The highest BCUT2D eigenvalue weighted by atomic mass is 32.2. The van der Waals surface area contributed by atoms with Gasteiger partial charge in [0.2, 0.25) is 0 Å². The monoisotopic (exact) mass is 361 g/mol. The van der Waals surface area contributed by atoms with Crippen molar-refractivity contribution in [3.05, 3.63) is 48.0 Å². The van der Waals surface area contributed by atoms with Crippen molar-refractivity contribution in [3.63, 3.8) is 0 Å². The summed E-state index contributed by atoms with van der Waals surface area (Å²) in [5, 5.41) is 0. The van der Waals surface area contributed by atoms with Crippen LogP contribution < -0.4 is 10.5 Å². The molecule has 1 aliphatic heterocycles. The van der Waals surface area contributed by atoms with Crippen LogP contribution in [0.5, 0.6) is 11.5 Å². The van der Waals surface area contributed by atoms with Gasteiger partial charge in [-0.05, 0) is 73.2 Å². The smallest absolute Gasteiger partial charge is 0.175 e. The quantitative estimate of drug-likeness (QED) is 0.826. The van der Waals surface area contributed by atoms with Crippen LogP contribution >= 0.6 is 0 Å². The van der Waals surface area contributed by atoms with Crippen LogP contribution in [0.3, 0.4) is 0 Å². The SMILES string of the molecule is CS(=O)(=O)c1ccc(Oc2ccc(N)cc2CC2CCOCC2)cc1. The summed E-state index contributed by atoms with van der Waals surface area (Å²) in [6.45, 7) is 1.60. The highest BCUT2D eigenvalue weighted by Crippen LogP contribution is 2.31. The Labute approximate surface area is 148 Å². The Hall–Kier alpha value is -2.05. The Morgan fingerprint density at radius 2 is 1.80 bits per heavy atom. The second-order valence-electron chi connectivity index (χ2n) is 6.47. The van der Waals surface area contributed by atoms with Gasteiger partial charge in [0.05, 0.1) is 4.90 Å². The zero-order chi connectivity index (χ0) is 17.9. The number of sulfone groups is 1. The molecule has 0 saturated carbocycles. The lowest BCUT2D eigenvalue weighted by atomic mass is 9.92. The molecule has 2 aromatic carbocycles. The van der Waals surface area contributed by atoms with E-state index in [0.29, 0.717) is 17.4 Å². The zero-order valence-electron chi connectivity index (χ0n) is 14.3.